The van der Waals surface area contributed by atoms with Gasteiger partial charge in [-0.25, -0.2) is 4.79 Å². The van der Waals surface area contributed by atoms with E-state index in [1.807, 2.05) is 71.6 Å². The Bertz CT molecular complexity index is 1050. The van der Waals surface area contributed by atoms with E-state index in [1.54, 1.807) is 11.8 Å². The maximum atomic E-state index is 12.9. The van der Waals surface area contributed by atoms with Crippen molar-refractivity contribution in [2.75, 3.05) is 18.0 Å². The minimum Gasteiger partial charge on any atom is -0.481 e. The van der Waals surface area contributed by atoms with Crippen LogP contribution >= 0.6 is 11.8 Å². The molecule has 0 aliphatic heterocycles. The Balaban J connectivity index is 1.67. The van der Waals surface area contributed by atoms with Crippen LogP contribution in [0, 0.1) is 0 Å². The number of carbonyl (C=O) groups is 2. The van der Waals surface area contributed by atoms with E-state index in [-0.39, 0.29) is 12.5 Å². The largest absolute Gasteiger partial charge is 0.481 e. The highest BCUT2D eigenvalue weighted by Gasteiger charge is 2.15. The summed E-state index contributed by atoms with van der Waals surface area (Å²) in [5.41, 5.74) is 2.92. The van der Waals surface area contributed by atoms with Crippen molar-refractivity contribution < 1.29 is 14.7 Å². The van der Waals surface area contributed by atoms with Crippen molar-refractivity contribution in [1.29, 1.82) is 0 Å². The third kappa shape index (κ3) is 8.27. The Morgan fingerprint density at radius 2 is 1.62 bits per heavy atom. The van der Waals surface area contributed by atoms with Gasteiger partial charge in [-0.15, -0.1) is 0 Å². The number of unbranched alkanes of at least 4 members (excludes halogenated alkanes) is 1. The summed E-state index contributed by atoms with van der Waals surface area (Å²) in [5, 5.41) is 12.1. The van der Waals surface area contributed by atoms with Gasteiger partial charge in [0.25, 0.3) is 0 Å². The summed E-state index contributed by atoms with van der Waals surface area (Å²) < 4.78 is 0. The molecule has 0 aliphatic rings. The fourth-order valence-electron chi connectivity index (χ4n) is 3.63. The topological polar surface area (TPSA) is 69.6 Å². The van der Waals surface area contributed by atoms with Crippen LogP contribution in [0.4, 0.5) is 10.5 Å². The van der Waals surface area contributed by atoms with Crippen LogP contribution in [0.15, 0.2) is 88.7 Å². The molecule has 0 saturated heterocycles. The number of carboxylic acids is 1. The fourth-order valence-corrected chi connectivity index (χ4v) is 4.53. The molecule has 0 atom stereocenters. The number of nitrogens with one attached hydrogen (secondary N) is 1. The first-order valence-corrected chi connectivity index (χ1v) is 12.5. The monoisotopic (exact) mass is 476 g/mol. The summed E-state index contributed by atoms with van der Waals surface area (Å²) in [7, 11) is 0. The number of hydrogen-bond acceptors (Lipinski definition) is 3. The number of urea groups is 1. The molecule has 0 spiro atoms. The molecule has 0 saturated carbocycles. The predicted molar refractivity (Wildman–Crippen MR) is 139 cm³/mol. The van der Waals surface area contributed by atoms with Crippen molar-refractivity contribution in [2.24, 2.45) is 0 Å². The summed E-state index contributed by atoms with van der Waals surface area (Å²) in [6.45, 7) is 3.42. The number of amides is 2. The molecule has 34 heavy (non-hydrogen) atoms. The molecule has 0 unspecified atom stereocenters. The van der Waals surface area contributed by atoms with Gasteiger partial charge in [0.05, 0.1) is 6.42 Å². The van der Waals surface area contributed by atoms with Gasteiger partial charge < -0.3 is 10.4 Å². The molecule has 2 amide bonds. The second kappa shape index (κ2) is 13.5. The first kappa shape index (κ1) is 25.4. The molecule has 0 fully saturated rings. The van der Waals surface area contributed by atoms with Gasteiger partial charge in [-0.2, -0.15) is 0 Å². The van der Waals surface area contributed by atoms with E-state index >= 15 is 0 Å². The normalized spacial score (nSPS) is 10.6. The lowest BCUT2D eigenvalue weighted by atomic mass is 10.1. The second-order valence-corrected chi connectivity index (χ2v) is 9.29. The van der Waals surface area contributed by atoms with Crippen molar-refractivity contribution in [3.8, 4) is 0 Å². The average molecular weight is 477 g/mol. The zero-order valence-electron chi connectivity index (χ0n) is 19.6. The van der Waals surface area contributed by atoms with Crippen LogP contribution in [0.1, 0.15) is 37.3 Å². The fraction of sp³-hybridized carbons (Fsp3) is 0.286. The Morgan fingerprint density at radius 1 is 0.882 bits per heavy atom. The first-order valence-electron chi connectivity index (χ1n) is 11.7. The molecular weight excluding hydrogens is 444 g/mol. The molecule has 0 radical (unpaired) electrons. The van der Waals surface area contributed by atoms with Crippen molar-refractivity contribution in [1.82, 2.24) is 5.32 Å². The van der Waals surface area contributed by atoms with Gasteiger partial charge in [0.2, 0.25) is 0 Å². The molecule has 0 aromatic heterocycles. The lowest BCUT2D eigenvalue weighted by Gasteiger charge is -2.23. The highest BCUT2D eigenvalue weighted by molar-refractivity contribution is 7.99. The number of rotatable bonds is 12. The highest BCUT2D eigenvalue weighted by atomic mass is 32.2. The quantitative estimate of drug-likeness (QED) is 0.296. The van der Waals surface area contributed by atoms with Gasteiger partial charge in [0.15, 0.2) is 0 Å². The summed E-state index contributed by atoms with van der Waals surface area (Å²) in [6.07, 6.45) is 3.80. The van der Waals surface area contributed by atoms with Crippen LogP contribution in [0.25, 0.3) is 0 Å². The Hall–Kier alpha value is -3.25. The standard InChI is InChI=1S/C28H32N2O3S/c1-2-3-18-29-28(33)30(19-8-12-22-9-5-4-6-10-22)24-14-16-25(17-15-24)34-26-13-7-11-23(20-26)21-27(31)32/h4-7,9-11,13-17,20H,2-3,8,12,18-19,21H2,1H3,(H,29,33)(H,31,32). The number of hydrogen-bond donors (Lipinski definition) is 2. The molecule has 0 heterocycles. The molecule has 3 aromatic carbocycles. The van der Waals surface area contributed by atoms with Crippen molar-refractivity contribution in [3.63, 3.8) is 0 Å². The van der Waals surface area contributed by atoms with E-state index in [0.717, 1.165) is 46.7 Å². The van der Waals surface area contributed by atoms with Gasteiger partial charge in [-0.1, -0.05) is 67.6 Å². The number of aryl methyl sites for hydroxylation is 1. The number of aliphatic carboxylic acids is 1. The Kier molecular flexibility index (Phi) is 10.0. The van der Waals surface area contributed by atoms with Crippen LogP contribution in [-0.4, -0.2) is 30.2 Å². The summed E-state index contributed by atoms with van der Waals surface area (Å²) in [6, 6.07) is 25.8. The smallest absolute Gasteiger partial charge is 0.321 e. The van der Waals surface area contributed by atoms with E-state index in [1.165, 1.54) is 5.56 Å². The van der Waals surface area contributed by atoms with Gasteiger partial charge in [0.1, 0.15) is 0 Å². The third-order valence-corrected chi connectivity index (χ3v) is 6.38. The number of benzene rings is 3. The maximum Gasteiger partial charge on any atom is 0.321 e. The number of carbonyl (C=O) groups excluding carboxylic acids is 1. The number of nitrogens with zero attached hydrogens (tertiary/aromatic N) is 1. The van der Waals surface area contributed by atoms with Gasteiger partial charge in [-0.05, 0) is 66.8 Å². The zero-order valence-corrected chi connectivity index (χ0v) is 20.4. The van der Waals surface area contributed by atoms with E-state index in [4.69, 9.17) is 5.11 Å². The molecule has 0 aliphatic carbocycles. The number of anilines is 1. The van der Waals surface area contributed by atoms with Gasteiger partial charge in [0, 0.05) is 28.6 Å². The van der Waals surface area contributed by atoms with Crippen LogP contribution in [0.2, 0.25) is 0 Å². The average Bonchev–Trinajstić information content (AvgIpc) is 2.83. The first-order chi connectivity index (χ1) is 16.5. The van der Waals surface area contributed by atoms with Crippen LogP contribution in [0.3, 0.4) is 0 Å². The molecule has 3 rings (SSSR count). The zero-order chi connectivity index (χ0) is 24.2. The molecule has 2 N–H and O–H groups in total. The van der Waals surface area contributed by atoms with E-state index in [2.05, 4.69) is 24.4 Å². The summed E-state index contributed by atoms with van der Waals surface area (Å²) >= 11 is 1.58. The van der Waals surface area contributed by atoms with Crippen molar-refractivity contribution in [2.45, 2.75) is 48.8 Å². The van der Waals surface area contributed by atoms with E-state index in [0.29, 0.717) is 13.1 Å². The Morgan fingerprint density at radius 3 is 2.32 bits per heavy atom. The van der Waals surface area contributed by atoms with Crippen molar-refractivity contribution in [3.05, 3.63) is 90.0 Å². The van der Waals surface area contributed by atoms with Crippen LogP contribution in [-0.2, 0) is 17.6 Å². The number of carboxylic acid groups (broad SMARTS) is 1. The minimum absolute atomic E-state index is 0.0123. The Labute approximate surface area is 206 Å². The third-order valence-electron chi connectivity index (χ3n) is 5.38. The highest BCUT2D eigenvalue weighted by Crippen LogP contribution is 2.30. The molecule has 0 bridgehead atoms. The van der Waals surface area contributed by atoms with Crippen LogP contribution < -0.4 is 10.2 Å². The van der Waals surface area contributed by atoms with Crippen LogP contribution in [0.5, 0.6) is 0 Å². The second-order valence-electron chi connectivity index (χ2n) is 8.14. The predicted octanol–water partition coefficient (Wildman–Crippen LogP) is 6.41. The van der Waals surface area contributed by atoms with E-state index < -0.39 is 5.97 Å². The SMILES string of the molecule is CCCCNC(=O)N(CCCc1ccccc1)c1ccc(Sc2cccc(CC(=O)O)c2)cc1. The minimum atomic E-state index is -0.837. The maximum absolute atomic E-state index is 12.9. The lowest BCUT2D eigenvalue weighted by Crippen LogP contribution is -2.41. The van der Waals surface area contributed by atoms with Gasteiger partial charge >= 0.3 is 12.0 Å². The lowest BCUT2D eigenvalue weighted by molar-refractivity contribution is -0.136. The van der Waals surface area contributed by atoms with Crippen molar-refractivity contribution >= 4 is 29.4 Å². The van der Waals surface area contributed by atoms with E-state index in [9.17, 15) is 9.59 Å². The molecular formula is C28H32N2O3S. The molecule has 178 valence electrons. The molecule has 6 heteroatoms. The summed E-state index contributed by atoms with van der Waals surface area (Å²) in [5.74, 6) is -0.837. The molecule has 3 aromatic rings. The van der Waals surface area contributed by atoms with Gasteiger partial charge in [-0.3, -0.25) is 9.69 Å². The summed E-state index contributed by atoms with van der Waals surface area (Å²) in [4.78, 5) is 27.8. The molecule has 5 nitrogen and oxygen atoms in total.